The summed E-state index contributed by atoms with van der Waals surface area (Å²) in [4.78, 5) is 24.0. The highest BCUT2D eigenvalue weighted by Gasteiger charge is 2.09. The molecule has 2 N–H and O–H groups in total. The van der Waals surface area contributed by atoms with E-state index in [-0.39, 0.29) is 18.4 Å². The summed E-state index contributed by atoms with van der Waals surface area (Å²) in [5, 5.41) is 5.51. The molecule has 2 aromatic carbocycles. The minimum atomic E-state index is -0.230. The van der Waals surface area contributed by atoms with Gasteiger partial charge in [-0.3, -0.25) is 9.59 Å². The Labute approximate surface area is 148 Å². The Bertz CT molecular complexity index is 736. The van der Waals surface area contributed by atoms with Crippen molar-refractivity contribution in [3.8, 4) is 5.75 Å². The molecule has 0 unspecified atom stereocenters. The fourth-order valence-electron chi connectivity index (χ4n) is 2.55. The van der Waals surface area contributed by atoms with Gasteiger partial charge in [-0.05, 0) is 49.1 Å². The van der Waals surface area contributed by atoms with Crippen molar-refractivity contribution in [3.05, 3.63) is 59.2 Å². The first kappa shape index (κ1) is 18.5. The molecule has 2 rings (SSSR count). The maximum atomic E-state index is 12.0. The Morgan fingerprint density at radius 2 is 1.68 bits per heavy atom. The lowest BCUT2D eigenvalue weighted by atomic mass is 10.1. The summed E-state index contributed by atoms with van der Waals surface area (Å²) in [6.07, 6.45) is 0.922. The lowest BCUT2D eigenvalue weighted by Gasteiger charge is -2.12. The zero-order chi connectivity index (χ0) is 18.2. The van der Waals surface area contributed by atoms with Crippen molar-refractivity contribution in [2.24, 2.45) is 0 Å². The predicted octanol–water partition coefficient (Wildman–Crippen LogP) is 3.00. The Morgan fingerprint density at radius 3 is 2.36 bits per heavy atom. The third kappa shape index (κ3) is 5.64. The molecule has 0 aliphatic rings. The molecular formula is C20H24N2O3. The molecule has 2 amide bonds. The average Bonchev–Trinajstić information content (AvgIpc) is 2.61. The van der Waals surface area contributed by atoms with Crippen molar-refractivity contribution in [2.75, 3.05) is 19.0 Å². The van der Waals surface area contributed by atoms with Gasteiger partial charge in [0, 0.05) is 12.1 Å². The van der Waals surface area contributed by atoms with Crippen LogP contribution < -0.4 is 15.4 Å². The molecule has 0 saturated heterocycles. The molecule has 0 aliphatic carbocycles. The van der Waals surface area contributed by atoms with Crippen LogP contribution in [0.25, 0.3) is 0 Å². The molecule has 0 spiro atoms. The lowest BCUT2D eigenvalue weighted by molar-refractivity contribution is -0.124. The van der Waals surface area contributed by atoms with Crippen LogP contribution in [0.3, 0.4) is 0 Å². The third-order valence-electron chi connectivity index (χ3n) is 3.97. The number of amides is 2. The fourth-order valence-corrected chi connectivity index (χ4v) is 2.55. The average molecular weight is 340 g/mol. The van der Waals surface area contributed by atoms with Crippen LogP contribution in [0.15, 0.2) is 42.5 Å². The van der Waals surface area contributed by atoms with Gasteiger partial charge in [-0.2, -0.15) is 0 Å². The van der Waals surface area contributed by atoms with Gasteiger partial charge in [-0.15, -0.1) is 0 Å². The van der Waals surface area contributed by atoms with Crippen LogP contribution >= 0.6 is 0 Å². The molecule has 0 radical (unpaired) electrons. The first-order chi connectivity index (χ1) is 12.0. The molecule has 25 heavy (non-hydrogen) atoms. The molecule has 0 fully saturated rings. The minimum Gasteiger partial charge on any atom is -0.497 e. The highest BCUT2D eigenvalue weighted by Crippen LogP contribution is 2.19. The maximum Gasteiger partial charge on any atom is 0.243 e. The number of benzene rings is 2. The van der Waals surface area contributed by atoms with E-state index in [2.05, 4.69) is 10.6 Å². The SMILES string of the molecule is COc1cccc(CCC(=O)NCC(=O)Nc2c(C)cccc2C)c1. The second kappa shape index (κ2) is 8.87. The number of anilines is 1. The van der Waals surface area contributed by atoms with Gasteiger partial charge < -0.3 is 15.4 Å². The molecule has 0 heterocycles. The van der Waals surface area contributed by atoms with Crippen LogP contribution in [0.5, 0.6) is 5.75 Å². The summed E-state index contributed by atoms with van der Waals surface area (Å²) in [6, 6.07) is 13.4. The number of carbonyl (C=O) groups is 2. The quantitative estimate of drug-likeness (QED) is 0.814. The number of methoxy groups -OCH3 is 1. The zero-order valence-electron chi connectivity index (χ0n) is 14.9. The topological polar surface area (TPSA) is 67.4 Å². The third-order valence-corrected chi connectivity index (χ3v) is 3.97. The van der Waals surface area contributed by atoms with Crippen LogP contribution in [0, 0.1) is 13.8 Å². The van der Waals surface area contributed by atoms with E-state index in [1.54, 1.807) is 7.11 Å². The van der Waals surface area contributed by atoms with Gasteiger partial charge in [-0.1, -0.05) is 30.3 Å². The fraction of sp³-hybridized carbons (Fsp3) is 0.300. The predicted molar refractivity (Wildman–Crippen MR) is 98.9 cm³/mol. The van der Waals surface area contributed by atoms with Crippen LogP contribution in [0.2, 0.25) is 0 Å². The molecule has 0 bridgehead atoms. The van der Waals surface area contributed by atoms with E-state index in [0.717, 1.165) is 28.1 Å². The molecule has 5 nitrogen and oxygen atoms in total. The lowest BCUT2D eigenvalue weighted by Crippen LogP contribution is -2.33. The van der Waals surface area contributed by atoms with E-state index in [1.165, 1.54) is 0 Å². The van der Waals surface area contributed by atoms with Crippen molar-refractivity contribution in [1.29, 1.82) is 0 Å². The number of hydrogen-bond acceptors (Lipinski definition) is 3. The van der Waals surface area contributed by atoms with Crippen LogP contribution in [0.4, 0.5) is 5.69 Å². The number of aryl methyl sites for hydroxylation is 3. The van der Waals surface area contributed by atoms with Gasteiger partial charge in [0.15, 0.2) is 0 Å². The van der Waals surface area contributed by atoms with Crippen LogP contribution in [-0.2, 0) is 16.0 Å². The van der Waals surface area contributed by atoms with Crippen LogP contribution in [-0.4, -0.2) is 25.5 Å². The first-order valence-corrected chi connectivity index (χ1v) is 8.25. The Morgan fingerprint density at radius 1 is 1.00 bits per heavy atom. The molecule has 0 atom stereocenters. The van der Waals surface area contributed by atoms with Crippen LogP contribution in [0.1, 0.15) is 23.1 Å². The van der Waals surface area contributed by atoms with E-state index >= 15 is 0 Å². The number of carbonyl (C=O) groups excluding carboxylic acids is 2. The Balaban J connectivity index is 1.78. The Kier molecular flexibility index (Phi) is 6.57. The smallest absolute Gasteiger partial charge is 0.243 e. The number of ether oxygens (including phenoxy) is 1. The maximum absolute atomic E-state index is 12.0. The summed E-state index contributed by atoms with van der Waals surface area (Å²) in [5.74, 6) is 0.387. The second-order valence-electron chi connectivity index (χ2n) is 5.94. The number of nitrogens with one attached hydrogen (secondary N) is 2. The zero-order valence-corrected chi connectivity index (χ0v) is 14.9. The van der Waals surface area contributed by atoms with Gasteiger partial charge in [-0.25, -0.2) is 0 Å². The molecular weight excluding hydrogens is 316 g/mol. The standard InChI is InChI=1S/C20H24N2O3/c1-14-6-4-7-15(2)20(14)22-19(24)13-21-18(23)11-10-16-8-5-9-17(12-16)25-3/h4-9,12H,10-11,13H2,1-3H3,(H,21,23)(H,22,24). The number of para-hydroxylation sites is 1. The number of rotatable bonds is 7. The van der Waals surface area contributed by atoms with Gasteiger partial charge in [0.1, 0.15) is 5.75 Å². The first-order valence-electron chi connectivity index (χ1n) is 8.25. The number of hydrogen-bond donors (Lipinski definition) is 2. The van der Waals surface area contributed by atoms with Crippen molar-refractivity contribution < 1.29 is 14.3 Å². The monoisotopic (exact) mass is 340 g/mol. The summed E-state index contributed by atoms with van der Waals surface area (Å²) in [7, 11) is 1.61. The molecule has 5 heteroatoms. The van der Waals surface area contributed by atoms with Gasteiger partial charge in [0.2, 0.25) is 11.8 Å². The molecule has 0 aliphatic heterocycles. The van der Waals surface area contributed by atoms with Gasteiger partial charge >= 0.3 is 0 Å². The van der Waals surface area contributed by atoms with Crippen molar-refractivity contribution in [1.82, 2.24) is 5.32 Å². The van der Waals surface area contributed by atoms with Gasteiger partial charge in [0.25, 0.3) is 0 Å². The molecule has 0 saturated carbocycles. The van der Waals surface area contributed by atoms with E-state index < -0.39 is 0 Å². The highest BCUT2D eigenvalue weighted by atomic mass is 16.5. The van der Waals surface area contributed by atoms with Crippen molar-refractivity contribution in [2.45, 2.75) is 26.7 Å². The normalized spacial score (nSPS) is 10.2. The minimum absolute atomic E-state index is 0.0370. The summed E-state index contributed by atoms with van der Waals surface area (Å²) in [5.41, 5.74) is 3.82. The molecule has 2 aromatic rings. The van der Waals surface area contributed by atoms with Gasteiger partial charge in [0.05, 0.1) is 13.7 Å². The molecule has 132 valence electrons. The van der Waals surface area contributed by atoms with Crippen molar-refractivity contribution >= 4 is 17.5 Å². The van der Waals surface area contributed by atoms with Crippen molar-refractivity contribution in [3.63, 3.8) is 0 Å². The van der Waals surface area contributed by atoms with E-state index in [9.17, 15) is 9.59 Å². The second-order valence-corrected chi connectivity index (χ2v) is 5.94. The largest absolute Gasteiger partial charge is 0.497 e. The van der Waals surface area contributed by atoms with E-state index in [1.807, 2.05) is 56.3 Å². The summed E-state index contributed by atoms with van der Waals surface area (Å²) >= 11 is 0. The Hall–Kier alpha value is -2.82. The summed E-state index contributed by atoms with van der Waals surface area (Å²) < 4.78 is 5.16. The van der Waals surface area contributed by atoms with E-state index in [0.29, 0.717) is 12.8 Å². The highest BCUT2D eigenvalue weighted by molar-refractivity contribution is 5.95. The molecule has 0 aromatic heterocycles. The summed E-state index contributed by atoms with van der Waals surface area (Å²) in [6.45, 7) is 3.84. The van der Waals surface area contributed by atoms with E-state index in [4.69, 9.17) is 4.74 Å².